The van der Waals surface area contributed by atoms with Crippen LogP contribution in [-0.2, 0) is 14.6 Å². The van der Waals surface area contributed by atoms with Crippen LogP contribution in [0.1, 0.15) is 10.4 Å². The third kappa shape index (κ3) is 4.08. The molecule has 0 spiro atoms. The Kier molecular flexibility index (Phi) is 4.34. The van der Waals surface area contributed by atoms with Crippen molar-refractivity contribution in [3.63, 3.8) is 0 Å². The van der Waals surface area contributed by atoms with E-state index in [2.05, 4.69) is 9.76 Å². The normalized spacial score (nSPS) is 10.8. The molecule has 0 bridgehead atoms. The summed E-state index contributed by atoms with van der Waals surface area (Å²) in [5.41, 5.74) is 2.91. The number of anilines is 1. The summed E-state index contributed by atoms with van der Waals surface area (Å²) in [6, 6.07) is 16.4. The van der Waals surface area contributed by atoms with Crippen molar-refractivity contribution >= 4 is 21.9 Å². The fourth-order valence-corrected chi connectivity index (χ4v) is 1.98. The smallest absolute Gasteiger partial charge is 0.268 e. The maximum absolute atomic E-state index is 11.7. The van der Waals surface area contributed by atoms with E-state index >= 15 is 0 Å². The first-order chi connectivity index (χ1) is 9.57. The van der Waals surface area contributed by atoms with E-state index in [1.54, 1.807) is 53.3 Å². The molecule has 104 valence electrons. The molecule has 6 nitrogen and oxygen atoms in total. The Balaban J connectivity index is 1.96. The fraction of sp³-hybridized carbons (Fsp3) is 0. The Morgan fingerprint density at radius 1 is 0.900 bits per heavy atom. The molecule has 0 unspecified atom stereocenters. The predicted octanol–water partition coefficient (Wildman–Crippen LogP) is 1.70. The van der Waals surface area contributed by atoms with E-state index in [-0.39, 0.29) is 5.56 Å². The molecule has 0 radical (unpaired) electrons. The molecular weight excluding hydrogens is 280 g/mol. The summed E-state index contributed by atoms with van der Waals surface area (Å²) < 4.78 is 29.4. The Hall–Kier alpha value is -2.38. The van der Waals surface area contributed by atoms with Crippen molar-refractivity contribution in [1.29, 1.82) is 0 Å². The Morgan fingerprint density at radius 2 is 1.45 bits per heavy atom. The lowest BCUT2D eigenvalue weighted by atomic mass is 10.2. The van der Waals surface area contributed by atoms with Crippen LogP contribution in [0, 0.1) is 0 Å². The van der Waals surface area contributed by atoms with Gasteiger partial charge in [0.05, 0.1) is 5.69 Å². The van der Waals surface area contributed by atoms with Crippen LogP contribution in [0.2, 0.25) is 0 Å². The van der Waals surface area contributed by atoms with Gasteiger partial charge in [0.1, 0.15) is 0 Å². The van der Waals surface area contributed by atoms with Crippen LogP contribution in [0.3, 0.4) is 0 Å². The third-order valence-corrected chi connectivity index (χ3v) is 3.03. The number of para-hydroxylation sites is 1. The van der Waals surface area contributed by atoms with Gasteiger partial charge in [0.25, 0.3) is 5.91 Å². The second-order valence-corrected chi connectivity index (χ2v) is 5.08. The zero-order valence-corrected chi connectivity index (χ0v) is 11.1. The first-order valence-corrected chi connectivity index (χ1v) is 7.09. The molecule has 20 heavy (non-hydrogen) atoms. The van der Waals surface area contributed by atoms with Crippen molar-refractivity contribution in [2.24, 2.45) is 0 Å². The van der Waals surface area contributed by atoms with Gasteiger partial charge in [-0.1, -0.05) is 36.4 Å². The van der Waals surface area contributed by atoms with Gasteiger partial charge < -0.3 is 0 Å². The minimum Gasteiger partial charge on any atom is -0.268 e. The molecule has 0 saturated heterocycles. The van der Waals surface area contributed by atoms with Gasteiger partial charge in [0, 0.05) is 5.56 Å². The second-order valence-electron chi connectivity index (χ2n) is 3.80. The lowest BCUT2D eigenvalue weighted by molar-refractivity contribution is 0.0977. The molecule has 0 aliphatic carbocycles. The Labute approximate surface area is 116 Å². The third-order valence-electron chi connectivity index (χ3n) is 2.30. The zero-order chi connectivity index (χ0) is 14.4. The van der Waals surface area contributed by atoms with Gasteiger partial charge in [-0.05, 0) is 24.3 Å². The standard InChI is InChI=1S/C13H12N2O4S/c16-13(11-7-3-1-4-8-11)15-20(17,18)19-14-12-9-5-2-6-10-12/h1-10,14H,(H,15,16). The summed E-state index contributed by atoms with van der Waals surface area (Å²) in [5, 5.41) is 0. The molecule has 0 atom stereocenters. The highest BCUT2D eigenvalue weighted by Crippen LogP contribution is 2.06. The van der Waals surface area contributed by atoms with E-state index < -0.39 is 16.2 Å². The van der Waals surface area contributed by atoms with Crippen molar-refractivity contribution < 1.29 is 17.5 Å². The van der Waals surface area contributed by atoms with Gasteiger partial charge in [-0.15, -0.1) is 4.28 Å². The molecule has 0 aliphatic rings. The molecule has 0 aromatic heterocycles. The van der Waals surface area contributed by atoms with E-state index in [4.69, 9.17) is 0 Å². The second kappa shape index (κ2) is 6.18. The van der Waals surface area contributed by atoms with Gasteiger partial charge in [0.15, 0.2) is 0 Å². The number of rotatable bonds is 5. The lowest BCUT2D eigenvalue weighted by Gasteiger charge is -2.08. The number of carbonyl (C=O) groups excluding carboxylic acids is 1. The quantitative estimate of drug-likeness (QED) is 0.819. The Morgan fingerprint density at radius 3 is 2.05 bits per heavy atom. The molecule has 2 rings (SSSR count). The van der Waals surface area contributed by atoms with Gasteiger partial charge in [-0.3, -0.25) is 4.79 Å². The highest BCUT2D eigenvalue weighted by molar-refractivity contribution is 7.85. The van der Waals surface area contributed by atoms with Crippen LogP contribution >= 0.6 is 0 Å². The summed E-state index contributed by atoms with van der Waals surface area (Å²) in [6.45, 7) is 0. The van der Waals surface area contributed by atoms with Crippen LogP contribution in [0.4, 0.5) is 5.69 Å². The number of amides is 1. The van der Waals surface area contributed by atoms with Crippen LogP contribution < -0.4 is 10.2 Å². The van der Waals surface area contributed by atoms with Crippen LogP contribution in [0.5, 0.6) is 0 Å². The highest BCUT2D eigenvalue weighted by atomic mass is 32.2. The van der Waals surface area contributed by atoms with Gasteiger partial charge in [-0.25, -0.2) is 10.2 Å². The molecule has 0 saturated carbocycles. The SMILES string of the molecule is O=C(NS(=O)(=O)ONc1ccccc1)c1ccccc1. The molecule has 0 heterocycles. The fourth-order valence-electron chi connectivity index (χ4n) is 1.39. The summed E-state index contributed by atoms with van der Waals surface area (Å²) in [7, 11) is -4.24. The monoisotopic (exact) mass is 292 g/mol. The molecule has 2 aromatic rings. The molecule has 2 aromatic carbocycles. The van der Waals surface area contributed by atoms with Crippen molar-refractivity contribution in [3.8, 4) is 0 Å². The zero-order valence-electron chi connectivity index (χ0n) is 10.3. The van der Waals surface area contributed by atoms with Crippen LogP contribution in [0.25, 0.3) is 0 Å². The topological polar surface area (TPSA) is 84.5 Å². The van der Waals surface area contributed by atoms with Crippen molar-refractivity contribution in [3.05, 3.63) is 66.2 Å². The summed E-state index contributed by atoms with van der Waals surface area (Å²) in [5.74, 6) is -0.763. The molecule has 0 aliphatic heterocycles. The number of benzene rings is 2. The summed E-state index contributed by atoms with van der Waals surface area (Å²) >= 11 is 0. The first-order valence-electron chi connectivity index (χ1n) is 5.68. The largest absolute Gasteiger partial charge is 0.383 e. The van der Waals surface area contributed by atoms with Crippen molar-refractivity contribution in [2.75, 3.05) is 5.48 Å². The van der Waals surface area contributed by atoms with E-state index in [1.807, 2.05) is 0 Å². The number of nitrogens with one attached hydrogen (secondary N) is 2. The molecule has 1 amide bonds. The molecular formula is C13H12N2O4S. The molecule has 0 fully saturated rings. The van der Waals surface area contributed by atoms with E-state index in [1.165, 1.54) is 12.1 Å². The minimum absolute atomic E-state index is 0.222. The summed E-state index contributed by atoms with van der Waals surface area (Å²) in [6.07, 6.45) is 0. The van der Waals surface area contributed by atoms with Crippen molar-refractivity contribution in [2.45, 2.75) is 0 Å². The Bertz CT molecular complexity index is 672. The lowest BCUT2D eigenvalue weighted by Crippen LogP contribution is -2.33. The maximum atomic E-state index is 11.7. The first kappa shape index (κ1) is 14.0. The van der Waals surface area contributed by atoms with Crippen LogP contribution in [-0.4, -0.2) is 14.3 Å². The predicted molar refractivity (Wildman–Crippen MR) is 74.0 cm³/mol. The average molecular weight is 292 g/mol. The van der Waals surface area contributed by atoms with Crippen molar-refractivity contribution in [1.82, 2.24) is 4.72 Å². The van der Waals surface area contributed by atoms with Crippen LogP contribution in [0.15, 0.2) is 60.7 Å². The van der Waals surface area contributed by atoms with E-state index in [0.29, 0.717) is 5.69 Å². The van der Waals surface area contributed by atoms with Gasteiger partial charge in [-0.2, -0.15) is 8.42 Å². The molecule has 2 N–H and O–H groups in total. The maximum Gasteiger partial charge on any atom is 0.383 e. The molecule has 7 heteroatoms. The highest BCUT2D eigenvalue weighted by Gasteiger charge is 2.16. The van der Waals surface area contributed by atoms with E-state index in [9.17, 15) is 13.2 Å². The van der Waals surface area contributed by atoms with E-state index in [0.717, 1.165) is 0 Å². The average Bonchev–Trinajstić information content (AvgIpc) is 2.47. The number of hydrogen-bond donors (Lipinski definition) is 2. The minimum atomic E-state index is -4.24. The van der Waals surface area contributed by atoms with Gasteiger partial charge in [0.2, 0.25) is 0 Å². The number of hydrogen-bond acceptors (Lipinski definition) is 5. The van der Waals surface area contributed by atoms with Gasteiger partial charge >= 0.3 is 10.3 Å². The number of carbonyl (C=O) groups is 1. The summed E-state index contributed by atoms with van der Waals surface area (Å²) in [4.78, 5) is 11.7.